The Labute approximate surface area is 58.7 Å². The summed E-state index contributed by atoms with van der Waals surface area (Å²) >= 11 is 1.85. The van der Waals surface area contributed by atoms with Crippen molar-refractivity contribution in [1.29, 1.82) is 0 Å². The standard InChI is InChI=1S/CH2B2IN3/c2-5-1(6-3)7-4/h(H2,5,6,7). The molecule has 0 aliphatic rings. The van der Waals surface area contributed by atoms with E-state index in [9.17, 15) is 0 Å². The van der Waals surface area contributed by atoms with Crippen LogP contribution in [0.5, 0.6) is 0 Å². The fourth-order valence-electron chi connectivity index (χ4n) is 0.0889. The summed E-state index contributed by atoms with van der Waals surface area (Å²) in [6.45, 7) is 0. The van der Waals surface area contributed by atoms with E-state index in [1.807, 2.05) is 22.9 Å². The number of guanidine groups is 1. The first-order valence-corrected chi connectivity index (χ1v) is 2.54. The van der Waals surface area contributed by atoms with E-state index >= 15 is 0 Å². The van der Waals surface area contributed by atoms with Crippen LogP contribution >= 0.6 is 22.9 Å². The van der Waals surface area contributed by atoms with E-state index in [-0.39, 0.29) is 0 Å². The molecule has 34 valence electrons. The molecule has 0 aromatic carbocycles. The quantitative estimate of drug-likeness (QED) is 0.175. The fourth-order valence-corrected chi connectivity index (χ4v) is 0.384. The van der Waals surface area contributed by atoms with Gasteiger partial charge in [0.15, 0.2) is 5.96 Å². The van der Waals surface area contributed by atoms with Crippen molar-refractivity contribution in [2.45, 2.75) is 0 Å². The van der Waals surface area contributed by atoms with Crippen LogP contribution in [0.15, 0.2) is 4.90 Å². The monoisotopic (exact) mass is 205 g/mol. The number of rotatable bonds is 0. The molecule has 7 heavy (non-hydrogen) atoms. The van der Waals surface area contributed by atoms with Crippen LogP contribution in [-0.4, -0.2) is 21.9 Å². The molecule has 0 saturated heterocycles. The van der Waals surface area contributed by atoms with Crippen molar-refractivity contribution in [2.75, 3.05) is 0 Å². The van der Waals surface area contributed by atoms with Gasteiger partial charge in [0.2, 0.25) is 7.98 Å². The molecule has 4 radical (unpaired) electrons. The highest BCUT2D eigenvalue weighted by Gasteiger charge is 1.80. The van der Waals surface area contributed by atoms with Gasteiger partial charge in [-0.05, 0) is 0 Å². The van der Waals surface area contributed by atoms with Crippen LogP contribution in [0.4, 0.5) is 0 Å². The maximum absolute atomic E-state index is 4.87. The zero-order valence-electron chi connectivity index (χ0n) is 3.48. The molecule has 0 aromatic rings. The van der Waals surface area contributed by atoms with Gasteiger partial charge in [0.25, 0.3) is 7.98 Å². The molecule has 0 saturated carbocycles. The number of hydrogen-bond acceptors (Lipinski definition) is 1. The highest BCUT2D eigenvalue weighted by Crippen LogP contribution is 1.67. The average molecular weight is 205 g/mol. The summed E-state index contributed by atoms with van der Waals surface area (Å²) in [5.41, 5.74) is 0. The lowest BCUT2D eigenvalue weighted by molar-refractivity contribution is 1.36. The Hall–Kier alpha value is 0.130. The molecule has 0 atom stereocenters. The maximum atomic E-state index is 4.87. The van der Waals surface area contributed by atoms with E-state index in [0.717, 1.165) is 0 Å². The Kier molecular flexibility index (Phi) is 4.37. The van der Waals surface area contributed by atoms with E-state index in [2.05, 4.69) is 13.7 Å². The van der Waals surface area contributed by atoms with Crippen LogP contribution in [-0.2, 0) is 0 Å². The minimum atomic E-state index is 0.348. The van der Waals surface area contributed by atoms with Gasteiger partial charge in [-0.3, -0.25) is 0 Å². The number of halogens is 1. The normalized spacial score (nSPS) is 10.7. The SMILES string of the molecule is [B]N=C(N[B])NI. The molecule has 0 rings (SSSR count). The van der Waals surface area contributed by atoms with E-state index in [1.165, 1.54) is 0 Å². The van der Waals surface area contributed by atoms with Crippen LogP contribution in [0.3, 0.4) is 0 Å². The highest BCUT2D eigenvalue weighted by molar-refractivity contribution is 14.1. The lowest BCUT2D eigenvalue weighted by atomic mass is 10.4. The van der Waals surface area contributed by atoms with Crippen LogP contribution in [0.25, 0.3) is 0 Å². The Morgan fingerprint density at radius 2 is 2.29 bits per heavy atom. The summed E-state index contributed by atoms with van der Waals surface area (Å²) in [6, 6.07) is 0. The molecule has 0 amide bonds. The Morgan fingerprint density at radius 1 is 1.71 bits per heavy atom. The summed E-state index contributed by atoms with van der Waals surface area (Å²) in [6.07, 6.45) is 0. The van der Waals surface area contributed by atoms with E-state index in [4.69, 9.17) is 16.0 Å². The molecule has 0 aromatic heterocycles. The fraction of sp³-hybridized carbons (Fsp3) is 0. The topological polar surface area (TPSA) is 36.4 Å². The van der Waals surface area contributed by atoms with Crippen molar-refractivity contribution in [2.24, 2.45) is 4.90 Å². The van der Waals surface area contributed by atoms with Gasteiger partial charge < -0.3 is 13.7 Å². The van der Waals surface area contributed by atoms with Crippen molar-refractivity contribution in [1.82, 2.24) is 8.76 Å². The molecule has 0 fully saturated rings. The van der Waals surface area contributed by atoms with Gasteiger partial charge in [-0.1, -0.05) is 0 Å². The van der Waals surface area contributed by atoms with Crippen LogP contribution < -0.4 is 8.76 Å². The van der Waals surface area contributed by atoms with Crippen molar-refractivity contribution < 1.29 is 0 Å². The Bertz CT molecular complexity index is 67.3. The molecule has 0 aliphatic carbocycles. The third kappa shape index (κ3) is 2.78. The lowest BCUT2D eigenvalue weighted by Gasteiger charge is -1.98. The summed E-state index contributed by atoms with van der Waals surface area (Å²) in [5, 5.41) is 2.21. The second-order valence-electron chi connectivity index (χ2n) is 0.717. The molecule has 0 unspecified atom stereocenters. The van der Waals surface area contributed by atoms with E-state index < -0.39 is 0 Å². The summed E-state index contributed by atoms with van der Waals surface area (Å²) < 4.78 is 2.56. The van der Waals surface area contributed by atoms with Crippen LogP contribution in [0, 0.1) is 0 Å². The minimum absolute atomic E-state index is 0.348. The van der Waals surface area contributed by atoms with Crippen molar-refractivity contribution in [3.05, 3.63) is 0 Å². The lowest BCUT2D eigenvalue weighted by Crippen LogP contribution is -2.28. The second-order valence-corrected chi connectivity index (χ2v) is 1.26. The predicted octanol–water partition coefficient (Wildman–Crippen LogP) is -0.961. The molecule has 6 heteroatoms. The molecular formula is CH2B2IN3. The van der Waals surface area contributed by atoms with Gasteiger partial charge in [-0.15, -0.1) is 0 Å². The summed E-state index contributed by atoms with van der Waals surface area (Å²) in [5.74, 6) is 0.348. The van der Waals surface area contributed by atoms with Crippen molar-refractivity contribution >= 4 is 44.8 Å². The Balaban J connectivity index is 3.38. The first kappa shape index (κ1) is 7.13. The molecule has 3 nitrogen and oxygen atoms in total. The van der Waals surface area contributed by atoms with E-state index in [1.54, 1.807) is 0 Å². The second kappa shape index (κ2) is 4.29. The largest absolute Gasteiger partial charge is 0.410 e. The minimum Gasteiger partial charge on any atom is -0.410 e. The molecule has 0 aliphatic heterocycles. The zero-order valence-corrected chi connectivity index (χ0v) is 5.64. The van der Waals surface area contributed by atoms with Gasteiger partial charge in [0.1, 0.15) is 0 Å². The molecule has 0 heterocycles. The van der Waals surface area contributed by atoms with Gasteiger partial charge in [0, 0.05) is 0 Å². The van der Waals surface area contributed by atoms with Gasteiger partial charge >= 0.3 is 0 Å². The maximum Gasteiger partial charge on any atom is 0.264 e. The van der Waals surface area contributed by atoms with Crippen LogP contribution in [0.2, 0.25) is 0 Å². The smallest absolute Gasteiger partial charge is 0.264 e. The highest BCUT2D eigenvalue weighted by atomic mass is 127. The predicted molar refractivity (Wildman–Crippen MR) is 39.2 cm³/mol. The summed E-state index contributed by atoms with van der Waals surface area (Å²) in [7, 11) is 9.64. The molecule has 2 N–H and O–H groups in total. The third-order valence-electron chi connectivity index (χ3n) is 0.355. The first-order chi connectivity index (χ1) is 3.35. The first-order valence-electron chi connectivity index (χ1n) is 1.46. The van der Waals surface area contributed by atoms with Crippen LogP contribution in [0.1, 0.15) is 0 Å². The van der Waals surface area contributed by atoms with Crippen molar-refractivity contribution in [3.8, 4) is 0 Å². The van der Waals surface area contributed by atoms with Gasteiger partial charge in [0.05, 0.1) is 22.9 Å². The molecular weight excluding hydrogens is 203 g/mol. The zero-order chi connectivity index (χ0) is 5.70. The van der Waals surface area contributed by atoms with Gasteiger partial charge in [-0.2, -0.15) is 0 Å². The third-order valence-corrected chi connectivity index (χ3v) is 0.866. The number of nitrogens with zero attached hydrogens (tertiary/aromatic N) is 1. The van der Waals surface area contributed by atoms with Crippen molar-refractivity contribution in [3.63, 3.8) is 0 Å². The molecule has 0 bridgehead atoms. The molecule has 0 spiro atoms. The van der Waals surface area contributed by atoms with Gasteiger partial charge in [-0.25, -0.2) is 0 Å². The Morgan fingerprint density at radius 3 is 2.29 bits per heavy atom. The average Bonchev–Trinajstić information content (AvgIpc) is 1.72. The number of nitrogens with one attached hydrogen (secondary N) is 2. The summed E-state index contributed by atoms with van der Waals surface area (Å²) in [4.78, 5) is 3.19. The number of hydrogen-bond donors (Lipinski definition) is 2. The van der Waals surface area contributed by atoms with E-state index in [0.29, 0.717) is 5.96 Å².